The molecule has 0 fully saturated rings. The van der Waals surface area contributed by atoms with Crippen molar-refractivity contribution >= 4 is 11.7 Å². The van der Waals surface area contributed by atoms with Gasteiger partial charge in [0.2, 0.25) is 0 Å². The van der Waals surface area contributed by atoms with Crippen LogP contribution in [0.1, 0.15) is 58.1 Å². The first-order chi connectivity index (χ1) is 12.2. The molecule has 132 valence electrons. The molecule has 2 aromatic rings. The number of rotatable bonds is 3. The van der Waals surface area contributed by atoms with Crippen LogP contribution in [0.25, 0.3) is 0 Å². The standard InChI is InChI=1S/C18H20N4O.C2H6/c1-4-23-18-16-17(22(12-19-16)13(2)3)20-15(21-18)11-10-14-8-6-5-7-9-14;1-2/h5-9,12-13,18H,4H2,1-3H3,(H,20,21);1-2H3. The number of hydrogen-bond donors (Lipinski definition) is 1. The average Bonchev–Trinajstić information content (AvgIpc) is 3.07. The minimum atomic E-state index is -0.406. The fraction of sp³-hybridized carbons (Fsp3) is 0.400. The number of anilines is 1. The lowest BCUT2D eigenvalue weighted by Gasteiger charge is -2.21. The molecule has 5 nitrogen and oxygen atoms in total. The molecule has 1 atom stereocenters. The van der Waals surface area contributed by atoms with Crippen molar-refractivity contribution in [3.63, 3.8) is 0 Å². The van der Waals surface area contributed by atoms with Crippen molar-refractivity contribution in [1.82, 2.24) is 9.55 Å². The zero-order valence-electron chi connectivity index (χ0n) is 15.6. The van der Waals surface area contributed by atoms with E-state index in [-0.39, 0.29) is 0 Å². The first-order valence-electron chi connectivity index (χ1n) is 8.79. The van der Waals surface area contributed by atoms with Crippen molar-refractivity contribution in [2.75, 3.05) is 11.9 Å². The number of aliphatic imine (C=N–C) groups is 1. The molecule has 5 heteroatoms. The summed E-state index contributed by atoms with van der Waals surface area (Å²) in [5.74, 6) is 7.72. The molecule has 0 bridgehead atoms. The highest BCUT2D eigenvalue weighted by Gasteiger charge is 2.26. The molecular formula is C20H26N4O. The third-order valence-corrected chi connectivity index (χ3v) is 3.52. The van der Waals surface area contributed by atoms with Gasteiger partial charge >= 0.3 is 0 Å². The zero-order valence-corrected chi connectivity index (χ0v) is 15.6. The van der Waals surface area contributed by atoms with Gasteiger partial charge in [-0.3, -0.25) is 0 Å². The maximum absolute atomic E-state index is 5.71. The quantitative estimate of drug-likeness (QED) is 0.844. The minimum Gasteiger partial charge on any atom is -0.351 e. The highest BCUT2D eigenvalue weighted by molar-refractivity contribution is 6.09. The molecule has 0 amide bonds. The maximum Gasteiger partial charge on any atom is 0.197 e. The van der Waals surface area contributed by atoms with Gasteiger partial charge in [-0.15, -0.1) is 0 Å². The summed E-state index contributed by atoms with van der Waals surface area (Å²) in [4.78, 5) is 8.99. The molecule has 1 aliphatic rings. The molecule has 0 aliphatic carbocycles. The smallest absolute Gasteiger partial charge is 0.197 e. The molecule has 2 heterocycles. The summed E-state index contributed by atoms with van der Waals surface area (Å²) in [6, 6.07) is 10.1. The summed E-state index contributed by atoms with van der Waals surface area (Å²) in [5.41, 5.74) is 1.76. The molecule has 1 unspecified atom stereocenters. The summed E-state index contributed by atoms with van der Waals surface area (Å²) in [5, 5.41) is 3.28. The molecule has 1 aliphatic heterocycles. The Morgan fingerprint density at radius 1 is 1.20 bits per heavy atom. The van der Waals surface area contributed by atoms with Crippen LogP contribution in [-0.2, 0) is 4.74 Å². The fourth-order valence-electron chi connectivity index (χ4n) is 2.39. The average molecular weight is 338 g/mol. The van der Waals surface area contributed by atoms with Crippen LogP contribution in [-0.4, -0.2) is 22.0 Å². The Balaban J connectivity index is 0.00000109. The Kier molecular flexibility index (Phi) is 6.79. The van der Waals surface area contributed by atoms with E-state index < -0.39 is 6.23 Å². The molecule has 1 aromatic heterocycles. The maximum atomic E-state index is 5.71. The van der Waals surface area contributed by atoms with E-state index in [4.69, 9.17) is 4.74 Å². The van der Waals surface area contributed by atoms with Gasteiger partial charge < -0.3 is 14.6 Å². The fourth-order valence-corrected chi connectivity index (χ4v) is 2.39. The van der Waals surface area contributed by atoms with Gasteiger partial charge in [-0.2, -0.15) is 0 Å². The van der Waals surface area contributed by atoms with E-state index in [9.17, 15) is 0 Å². The van der Waals surface area contributed by atoms with E-state index >= 15 is 0 Å². The lowest BCUT2D eigenvalue weighted by atomic mass is 10.2. The van der Waals surface area contributed by atoms with Crippen molar-refractivity contribution in [2.24, 2.45) is 4.99 Å². The summed E-state index contributed by atoms with van der Waals surface area (Å²) in [6.07, 6.45) is 1.41. The Hall–Kier alpha value is -2.58. The molecule has 0 spiro atoms. The first kappa shape index (κ1) is 18.8. The predicted molar refractivity (Wildman–Crippen MR) is 103 cm³/mol. The van der Waals surface area contributed by atoms with Crippen LogP contribution in [0.3, 0.4) is 0 Å². The predicted octanol–water partition coefficient (Wildman–Crippen LogP) is 4.40. The number of hydrogen-bond acceptors (Lipinski definition) is 4. The van der Waals surface area contributed by atoms with Gasteiger partial charge in [-0.25, -0.2) is 9.98 Å². The van der Waals surface area contributed by atoms with Crippen molar-refractivity contribution in [1.29, 1.82) is 0 Å². The number of fused-ring (bicyclic) bond motifs is 1. The van der Waals surface area contributed by atoms with E-state index in [0.29, 0.717) is 18.5 Å². The number of nitrogens with one attached hydrogen (secondary N) is 1. The summed E-state index contributed by atoms with van der Waals surface area (Å²) in [6.45, 7) is 10.7. The van der Waals surface area contributed by atoms with Crippen LogP contribution in [0.5, 0.6) is 0 Å². The van der Waals surface area contributed by atoms with Crippen LogP contribution >= 0.6 is 0 Å². The van der Waals surface area contributed by atoms with E-state index in [0.717, 1.165) is 17.1 Å². The molecule has 0 saturated carbocycles. The van der Waals surface area contributed by atoms with Gasteiger partial charge in [0, 0.05) is 18.2 Å². The Morgan fingerprint density at radius 2 is 1.92 bits per heavy atom. The third-order valence-electron chi connectivity index (χ3n) is 3.52. The number of nitrogens with zero attached hydrogens (tertiary/aromatic N) is 3. The Bertz CT molecular complexity index is 766. The lowest BCUT2D eigenvalue weighted by molar-refractivity contribution is 0.0663. The molecule has 25 heavy (non-hydrogen) atoms. The number of imidazole rings is 1. The second kappa shape index (κ2) is 9.05. The highest BCUT2D eigenvalue weighted by atomic mass is 16.5. The molecule has 1 aromatic carbocycles. The summed E-state index contributed by atoms with van der Waals surface area (Å²) < 4.78 is 7.78. The number of aromatic nitrogens is 2. The van der Waals surface area contributed by atoms with Gasteiger partial charge in [-0.05, 0) is 38.8 Å². The SMILES string of the molecule is CC.CCOC1N=C(C#Cc2ccccc2)Nc2c1ncn2C(C)C. The Morgan fingerprint density at radius 3 is 2.56 bits per heavy atom. The van der Waals surface area contributed by atoms with Gasteiger partial charge in [0.25, 0.3) is 0 Å². The monoisotopic (exact) mass is 338 g/mol. The Labute approximate surface area is 150 Å². The second-order valence-corrected chi connectivity index (χ2v) is 5.51. The zero-order chi connectivity index (χ0) is 18.2. The van der Waals surface area contributed by atoms with Crippen LogP contribution in [0.4, 0.5) is 5.82 Å². The normalized spacial score (nSPS) is 15.1. The molecule has 0 saturated heterocycles. The summed E-state index contributed by atoms with van der Waals surface area (Å²) in [7, 11) is 0. The first-order valence-corrected chi connectivity index (χ1v) is 8.79. The van der Waals surface area contributed by atoms with Gasteiger partial charge in [0.1, 0.15) is 11.5 Å². The molecule has 0 radical (unpaired) electrons. The van der Waals surface area contributed by atoms with Crippen molar-refractivity contribution in [3.05, 3.63) is 47.9 Å². The van der Waals surface area contributed by atoms with E-state index in [1.807, 2.05) is 57.4 Å². The van der Waals surface area contributed by atoms with Gasteiger partial charge in [-0.1, -0.05) is 38.0 Å². The highest BCUT2D eigenvalue weighted by Crippen LogP contribution is 2.31. The van der Waals surface area contributed by atoms with Crippen LogP contribution in [0, 0.1) is 11.8 Å². The van der Waals surface area contributed by atoms with Crippen molar-refractivity contribution in [2.45, 2.75) is 46.9 Å². The lowest BCUT2D eigenvalue weighted by Crippen LogP contribution is -2.23. The topological polar surface area (TPSA) is 51.4 Å². The third kappa shape index (κ3) is 4.49. The molecular weight excluding hydrogens is 312 g/mol. The van der Waals surface area contributed by atoms with Gasteiger partial charge in [0.15, 0.2) is 12.1 Å². The van der Waals surface area contributed by atoms with Crippen LogP contribution in [0.2, 0.25) is 0 Å². The van der Waals surface area contributed by atoms with Crippen LogP contribution < -0.4 is 5.32 Å². The molecule has 3 rings (SSSR count). The number of amidine groups is 1. The summed E-state index contributed by atoms with van der Waals surface area (Å²) >= 11 is 0. The van der Waals surface area contributed by atoms with E-state index in [2.05, 4.69) is 45.5 Å². The number of ether oxygens (including phenoxy) is 1. The van der Waals surface area contributed by atoms with Gasteiger partial charge in [0.05, 0.1) is 6.33 Å². The largest absolute Gasteiger partial charge is 0.351 e. The van der Waals surface area contributed by atoms with Crippen molar-refractivity contribution < 1.29 is 4.74 Å². The van der Waals surface area contributed by atoms with E-state index in [1.54, 1.807) is 0 Å². The van der Waals surface area contributed by atoms with Crippen LogP contribution in [0.15, 0.2) is 41.7 Å². The van der Waals surface area contributed by atoms with E-state index in [1.165, 1.54) is 0 Å². The molecule has 1 N–H and O–H groups in total. The number of benzene rings is 1. The van der Waals surface area contributed by atoms with Crippen molar-refractivity contribution in [3.8, 4) is 11.8 Å². The minimum absolute atomic E-state index is 0.294. The second-order valence-electron chi connectivity index (χ2n) is 5.51.